The summed E-state index contributed by atoms with van der Waals surface area (Å²) in [5, 5.41) is 14.5. The second-order valence-electron chi connectivity index (χ2n) is 5.37. The first-order chi connectivity index (χ1) is 11.8. The molecule has 1 aromatic carbocycles. The summed E-state index contributed by atoms with van der Waals surface area (Å²) in [5.74, 6) is -6.26. The number of halogens is 4. The molecule has 2 aromatic heterocycles. The quantitative estimate of drug-likeness (QED) is 0.717. The van der Waals surface area contributed by atoms with E-state index in [-0.39, 0.29) is 0 Å². The van der Waals surface area contributed by atoms with Crippen molar-refractivity contribution in [1.82, 2.24) is 19.7 Å². The van der Waals surface area contributed by atoms with Crippen molar-refractivity contribution in [3.8, 4) is 0 Å². The van der Waals surface area contributed by atoms with Crippen LogP contribution in [0, 0.1) is 11.6 Å². The molecule has 1 unspecified atom stereocenters. The molecule has 0 radical (unpaired) electrons. The molecule has 0 saturated heterocycles. The molecule has 0 aliphatic heterocycles. The fourth-order valence-electron chi connectivity index (χ4n) is 2.49. The zero-order valence-electron chi connectivity index (χ0n) is 12.7. The fraction of sp³-hybridized carbons (Fsp3) is 0.188. The van der Waals surface area contributed by atoms with Crippen LogP contribution in [0.25, 0.3) is 0 Å². The SMILES string of the molecule is OC(Cn1cncn1)(c1ccc(F)cc1F)C(F)(F)c1ccccn1. The summed E-state index contributed by atoms with van der Waals surface area (Å²) in [6, 6.07) is 5.74. The maximum absolute atomic E-state index is 15.1. The molecule has 2 heterocycles. The number of pyridine rings is 1. The summed E-state index contributed by atoms with van der Waals surface area (Å²) in [6.07, 6.45) is 3.31. The predicted molar refractivity (Wildman–Crippen MR) is 78.4 cm³/mol. The molecular weight excluding hydrogens is 340 g/mol. The Morgan fingerprint density at radius 1 is 1.12 bits per heavy atom. The van der Waals surface area contributed by atoms with Crippen LogP contribution in [-0.2, 0) is 18.1 Å². The van der Waals surface area contributed by atoms with Gasteiger partial charge < -0.3 is 5.11 Å². The number of nitrogens with zero attached hydrogens (tertiary/aromatic N) is 4. The molecular formula is C16H12F4N4O. The van der Waals surface area contributed by atoms with E-state index in [1.807, 2.05) is 0 Å². The van der Waals surface area contributed by atoms with Gasteiger partial charge in [0.1, 0.15) is 30.0 Å². The molecule has 1 N–H and O–H groups in total. The summed E-state index contributed by atoms with van der Waals surface area (Å²) in [5.41, 5.74) is -4.62. The topological polar surface area (TPSA) is 63.8 Å². The van der Waals surface area contributed by atoms with Crippen molar-refractivity contribution < 1.29 is 22.7 Å². The Morgan fingerprint density at radius 3 is 2.52 bits per heavy atom. The molecule has 0 amide bonds. The van der Waals surface area contributed by atoms with Gasteiger partial charge in [0.05, 0.1) is 6.54 Å². The Labute approximate surface area is 139 Å². The molecule has 0 aliphatic rings. The summed E-state index contributed by atoms with van der Waals surface area (Å²) in [4.78, 5) is 7.18. The maximum Gasteiger partial charge on any atom is 0.323 e. The second-order valence-corrected chi connectivity index (χ2v) is 5.37. The van der Waals surface area contributed by atoms with Crippen LogP contribution in [0.5, 0.6) is 0 Å². The molecule has 3 aromatic rings. The third-order valence-electron chi connectivity index (χ3n) is 3.74. The van der Waals surface area contributed by atoms with Gasteiger partial charge in [-0.3, -0.25) is 4.98 Å². The van der Waals surface area contributed by atoms with Crippen molar-refractivity contribution in [3.05, 3.63) is 78.1 Å². The van der Waals surface area contributed by atoms with E-state index in [4.69, 9.17) is 0 Å². The monoisotopic (exact) mass is 352 g/mol. The molecule has 0 spiro atoms. The van der Waals surface area contributed by atoms with Gasteiger partial charge in [0.2, 0.25) is 0 Å². The van der Waals surface area contributed by atoms with Gasteiger partial charge in [0.25, 0.3) is 0 Å². The summed E-state index contributed by atoms with van der Waals surface area (Å²) in [7, 11) is 0. The van der Waals surface area contributed by atoms with Gasteiger partial charge in [0.15, 0.2) is 5.60 Å². The second kappa shape index (κ2) is 6.25. The Balaban J connectivity index is 2.18. The van der Waals surface area contributed by atoms with Crippen LogP contribution in [0.2, 0.25) is 0 Å². The molecule has 0 bridgehead atoms. The van der Waals surface area contributed by atoms with Gasteiger partial charge in [0, 0.05) is 17.8 Å². The lowest BCUT2D eigenvalue weighted by Crippen LogP contribution is -2.48. The van der Waals surface area contributed by atoms with Gasteiger partial charge >= 0.3 is 5.92 Å². The molecule has 0 aliphatic carbocycles. The Bertz CT molecular complexity index is 858. The van der Waals surface area contributed by atoms with E-state index in [0.29, 0.717) is 6.07 Å². The fourth-order valence-corrected chi connectivity index (χ4v) is 2.49. The lowest BCUT2D eigenvalue weighted by molar-refractivity contribution is -0.207. The van der Waals surface area contributed by atoms with E-state index >= 15 is 8.78 Å². The number of aromatic nitrogens is 4. The van der Waals surface area contributed by atoms with E-state index in [0.717, 1.165) is 41.7 Å². The highest BCUT2D eigenvalue weighted by Crippen LogP contribution is 2.46. The first-order valence-corrected chi connectivity index (χ1v) is 7.14. The normalized spacial score (nSPS) is 14.3. The first kappa shape index (κ1) is 17.0. The summed E-state index contributed by atoms with van der Waals surface area (Å²) in [6.45, 7) is -0.820. The molecule has 9 heteroatoms. The van der Waals surface area contributed by atoms with E-state index in [1.54, 1.807) is 0 Å². The van der Waals surface area contributed by atoms with Gasteiger partial charge in [-0.05, 0) is 24.3 Å². The largest absolute Gasteiger partial charge is 0.377 e. The molecule has 0 fully saturated rings. The highest BCUT2D eigenvalue weighted by molar-refractivity contribution is 5.30. The molecule has 25 heavy (non-hydrogen) atoms. The third-order valence-corrected chi connectivity index (χ3v) is 3.74. The van der Waals surface area contributed by atoms with Crippen LogP contribution in [0.4, 0.5) is 17.6 Å². The maximum atomic E-state index is 15.1. The van der Waals surface area contributed by atoms with Crippen molar-refractivity contribution in [3.63, 3.8) is 0 Å². The van der Waals surface area contributed by atoms with E-state index < -0.39 is 41.0 Å². The zero-order valence-corrected chi connectivity index (χ0v) is 12.7. The molecule has 5 nitrogen and oxygen atoms in total. The highest BCUT2D eigenvalue weighted by Gasteiger charge is 2.57. The molecule has 0 saturated carbocycles. The average molecular weight is 352 g/mol. The summed E-state index contributed by atoms with van der Waals surface area (Å²) >= 11 is 0. The minimum absolute atomic E-state index is 0.427. The molecule has 130 valence electrons. The number of hydrogen-bond acceptors (Lipinski definition) is 4. The Morgan fingerprint density at radius 2 is 1.92 bits per heavy atom. The van der Waals surface area contributed by atoms with Crippen molar-refractivity contribution in [2.75, 3.05) is 0 Å². The van der Waals surface area contributed by atoms with Gasteiger partial charge in [-0.25, -0.2) is 18.4 Å². The smallest absolute Gasteiger partial charge is 0.323 e. The van der Waals surface area contributed by atoms with Crippen molar-refractivity contribution in [1.29, 1.82) is 0 Å². The highest BCUT2D eigenvalue weighted by atomic mass is 19.3. The van der Waals surface area contributed by atoms with E-state index in [2.05, 4.69) is 15.1 Å². The van der Waals surface area contributed by atoms with Crippen LogP contribution < -0.4 is 0 Å². The van der Waals surface area contributed by atoms with Gasteiger partial charge in [-0.2, -0.15) is 13.9 Å². The van der Waals surface area contributed by atoms with Crippen LogP contribution in [0.1, 0.15) is 11.3 Å². The van der Waals surface area contributed by atoms with E-state index in [9.17, 15) is 13.9 Å². The number of alkyl halides is 2. The number of benzene rings is 1. The molecule has 3 rings (SSSR count). The minimum atomic E-state index is -4.00. The number of rotatable bonds is 5. The van der Waals surface area contributed by atoms with Gasteiger partial charge in [-0.15, -0.1) is 0 Å². The number of hydrogen-bond donors (Lipinski definition) is 1. The first-order valence-electron chi connectivity index (χ1n) is 7.14. The van der Waals surface area contributed by atoms with Gasteiger partial charge in [-0.1, -0.05) is 6.07 Å². The predicted octanol–water partition coefficient (Wildman–Crippen LogP) is 2.63. The van der Waals surface area contributed by atoms with Crippen molar-refractivity contribution in [2.24, 2.45) is 0 Å². The zero-order chi connectivity index (χ0) is 18.1. The lowest BCUT2D eigenvalue weighted by Gasteiger charge is -2.35. The Hall–Kier alpha value is -2.81. The van der Waals surface area contributed by atoms with E-state index in [1.165, 1.54) is 12.1 Å². The Kier molecular flexibility index (Phi) is 4.25. The average Bonchev–Trinajstić information content (AvgIpc) is 3.08. The third kappa shape index (κ3) is 2.98. The van der Waals surface area contributed by atoms with Crippen LogP contribution in [0.3, 0.4) is 0 Å². The molecule has 1 atom stereocenters. The van der Waals surface area contributed by atoms with Crippen LogP contribution >= 0.6 is 0 Å². The minimum Gasteiger partial charge on any atom is -0.377 e. The number of aliphatic hydroxyl groups is 1. The van der Waals surface area contributed by atoms with Crippen molar-refractivity contribution >= 4 is 0 Å². The lowest BCUT2D eigenvalue weighted by atomic mass is 9.84. The summed E-state index contributed by atoms with van der Waals surface area (Å²) < 4.78 is 58.6. The van der Waals surface area contributed by atoms with Crippen LogP contribution in [0.15, 0.2) is 55.2 Å². The van der Waals surface area contributed by atoms with Crippen LogP contribution in [-0.4, -0.2) is 24.9 Å². The van der Waals surface area contributed by atoms with Crippen molar-refractivity contribution in [2.45, 2.75) is 18.1 Å². The standard InChI is InChI=1S/C16H12F4N4O/c17-11-4-5-12(13(18)7-11)15(25,8-24-10-21-9-23-24)16(19,20)14-3-1-2-6-22-14/h1-7,9-10,25H,8H2.